The lowest BCUT2D eigenvalue weighted by Gasteiger charge is -2.05. The van der Waals surface area contributed by atoms with Crippen LogP contribution in [0.25, 0.3) is 0 Å². The van der Waals surface area contributed by atoms with Gasteiger partial charge in [-0.1, -0.05) is 0 Å². The van der Waals surface area contributed by atoms with E-state index in [0.29, 0.717) is 0 Å². The Morgan fingerprint density at radius 2 is 2.08 bits per heavy atom. The zero-order valence-corrected chi connectivity index (χ0v) is 8.12. The largest absolute Gasteiger partial charge is 0.481 e. The van der Waals surface area contributed by atoms with Crippen LogP contribution in [-0.2, 0) is 4.79 Å². The van der Waals surface area contributed by atoms with Crippen molar-refractivity contribution in [3.8, 4) is 0 Å². The van der Waals surface area contributed by atoms with Gasteiger partial charge in [0, 0.05) is 6.42 Å². The summed E-state index contributed by atoms with van der Waals surface area (Å²) in [5.41, 5.74) is 0. The van der Waals surface area contributed by atoms with E-state index in [-0.39, 0.29) is 12.5 Å². The summed E-state index contributed by atoms with van der Waals surface area (Å²) in [5.74, 6) is -0.732. The highest BCUT2D eigenvalue weighted by Crippen LogP contribution is 1.93. The van der Waals surface area contributed by atoms with Crippen molar-refractivity contribution in [2.75, 3.05) is 13.1 Å². The van der Waals surface area contributed by atoms with Gasteiger partial charge in [-0.2, -0.15) is 0 Å². The highest BCUT2D eigenvalue weighted by Gasteiger charge is 1.96. The molecular formula is C9H19NO3. The minimum absolute atomic E-state index is 0.248. The molecule has 0 bridgehead atoms. The average Bonchev–Trinajstić information content (AvgIpc) is 2.01. The second-order valence-corrected chi connectivity index (χ2v) is 3.24. The van der Waals surface area contributed by atoms with Gasteiger partial charge in [0.2, 0.25) is 0 Å². The first-order valence-electron chi connectivity index (χ1n) is 4.73. The van der Waals surface area contributed by atoms with Crippen LogP contribution < -0.4 is 5.32 Å². The van der Waals surface area contributed by atoms with Gasteiger partial charge in [0.1, 0.15) is 0 Å². The van der Waals surface area contributed by atoms with Gasteiger partial charge in [0.25, 0.3) is 0 Å². The topological polar surface area (TPSA) is 69.6 Å². The second kappa shape index (κ2) is 8.01. The third-order valence-corrected chi connectivity index (χ3v) is 1.73. The van der Waals surface area contributed by atoms with Crippen molar-refractivity contribution in [2.45, 2.75) is 38.7 Å². The predicted molar refractivity (Wildman–Crippen MR) is 50.7 cm³/mol. The number of hydrogen-bond acceptors (Lipinski definition) is 3. The Morgan fingerprint density at radius 3 is 2.62 bits per heavy atom. The molecule has 4 heteroatoms. The van der Waals surface area contributed by atoms with Crippen LogP contribution in [0.5, 0.6) is 0 Å². The van der Waals surface area contributed by atoms with Gasteiger partial charge >= 0.3 is 5.97 Å². The van der Waals surface area contributed by atoms with Gasteiger partial charge in [-0.25, -0.2) is 0 Å². The van der Waals surface area contributed by atoms with E-state index in [2.05, 4.69) is 5.32 Å². The lowest BCUT2D eigenvalue weighted by molar-refractivity contribution is -0.137. The maximum absolute atomic E-state index is 10.1. The van der Waals surface area contributed by atoms with Crippen molar-refractivity contribution in [1.29, 1.82) is 0 Å². The Morgan fingerprint density at radius 1 is 1.38 bits per heavy atom. The summed E-state index contributed by atoms with van der Waals surface area (Å²) in [4.78, 5) is 10.1. The molecule has 0 heterocycles. The molecule has 0 aromatic heterocycles. The Labute approximate surface area is 79.0 Å². The number of unbranched alkanes of at least 4 members (excludes halogenated alkanes) is 1. The molecule has 1 atom stereocenters. The van der Waals surface area contributed by atoms with Gasteiger partial charge in [-0.15, -0.1) is 0 Å². The van der Waals surface area contributed by atoms with Crippen molar-refractivity contribution in [3.05, 3.63) is 0 Å². The van der Waals surface area contributed by atoms with E-state index in [1.165, 1.54) is 0 Å². The molecule has 0 aliphatic heterocycles. The average molecular weight is 189 g/mol. The summed E-state index contributed by atoms with van der Waals surface area (Å²) in [5, 5.41) is 20.4. The summed E-state index contributed by atoms with van der Waals surface area (Å²) < 4.78 is 0. The highest BCUT2D eigenvalue weighted by molar-refractivity contribution is 5.66. The Bertz CT molecular complexity index is 137. The van der Waals surface area contributed by atoms with Crippen molar-refractivity contribution in [3.63, 3.8) is 0 Å². The second-order valence-electron chi connectivity index (χ2n) is 3.24. The standard InChI is InChI=1S/C9H19NO3/c1-8(11)5-7-10-6-3-2-4-9(12)13/h8,10-11H,2-7H2,1H3,(H,12,13). The molecule has 0 aromatic carbocycles. The molecule has 0 aliphatic rings. The van der Waals surface area contributed by atoms with Gasteiger partial charge in [-0.3, -0.25) is 4.79 Å². The Kier molecular flexibility index (Phi) is 7.63. The smallest absolute Gasteiger partial charge is 0.303 e. The number of aliphatic hydroxyl groups is 1. The number of rotatable bonds is 8. The first kappa shape index (κ1) is 12.4. The van der Waals surface area contributed by atoms with Crippen LogP contribution in [0.1, 0.15) is 32.6 Å². The molecule has 0 aliphatic carbocycles. The van der Waals surface area contributed by atoms with E-state index in [0.717, 1.165) is 32.4 Å². The van der Waals surface area contributed by atoms with Crippen LogP contribution in [0.4, 0.5) is 0 Å². The van der Waals surface area contributed by atoms with Crippen LogP contribution in [0, 0.1) is 0 Å². The fourth-order valence-electron chi connectivity index (χ4n) is 0.962. The molecule has 78 valence electrons. The zero-order valence-electron chi connectivity index (χ0n) is 8.12. The molecule has 13 heavy (non-hydrogen) atoms. The number of carbonyl (C=O) groups is 1. The Balaban J connectivity index is 2.96. The van der Waals surface area contributed by atoms with Crippen LogP contribution in [-0.4, -0.2) is 35.4 Å². The van der Waals surface area contributed by atoms with Gasteiger partial charge < -0.3 is 15.5 Å². The maximum Gasteiger partial charge on any atom is 0.303 e. The van der Waals surface area contributed by atoms with E-state index in [1.807, 2.05) is 0 Å². The summed E-state index contributed by atoms with van der Waals surface area (Å²) >= 11 is 0. The van der Waals surface area contributed by atoms with E-state index in [4.69, 9.17) is 10.2 Å². The lowest BCUT2D eigenvalue weighted by atomic mass is 10.2. The molecule has 0 radical (unpaired) electrons. The Hall–Kier alpha value is -0.610. The summed E-state index contributed by atoms with van der Waals surface area (Å²) in [7, 11) is 0. The van der Waals surface area contributed by atoms with E-state index in [1.54, 1.807) is 6.92 Å². The minimum atomic E-state index is -0.732. The van der Waals surface area contributed by atoms with Crippen molar-refractivity contribution in [2.24, 2.45) is 0 Å². The first-order valence-corrected chi connectivity index (χ1v) is 4.73. The molecule has 0 saturated heterocycles. The third kappa shape index (κ3) is 11.4. The molecular weight excluding hydrogens is 170 g/mol. The first-order chi connectivity index (χ1) is 6.13. The minimum Gasteiger partial charge on any atom is -0.481 e. The predicted octanol–water partition coefficient (Wildman–Crippen LogP) is 0.602. The molecule has 0 amide bonds. The number of hydrogen-bond donors (Lipinski definition) is 3. The lowest BCUT2D eigenvalue weighted by Crippen LogP contribution is -2.20. The van der Waals surface area contributed by atoms with E-state index < -0.39 is 5.97 Å². The molecule has 0 rings (SSSR count). The van der Waals surface area contributed by atoms with Crippen LogP contribution in [0.3, 0.4) is 0 Å². The van der Waals surface area contributed by atoms with Crippen LogP contribution in [0.15, 0.2) is 0 Å². The van der Waals surface area contributed by atoms with E-state index in [9.17, 15) is 4.79 Å². The van der Waals surface area contributed by atoms with Crippen molar-refractivity contribution < 1.29 is 15.0 Å². The number of aliphatic hydroxyl groups excluding tert-OH is 1. The normalized spacial score (nSPS) is 12.8. The van der Waals surface area contributed by atoms with Crippen LogP contribution in [0.2, 0.25) is 0 Å². The molecule has 1 unspecified atom stereocenters. The molecule has 3 N–H and O–H groups in total. The van der Waals surface area contributed by atoms with Gasteiger partial charge in [0.15, 0.2) is 0 Å². The third-order valence-electron chi connectivity index (χ3n) is 1.73. The molecule has 0 saturated carbocycles. The molecule has 0 fully saturated rings. The fourth-order valence-corrected chi connectivity index (χ4v) is 0.962. The molecule has 0 spiro atoms. The highest BCUT2D eigenvalue weighted by atomic mass is 16.4. The molecule has 4 nitrogen and oxygen atoms in total. The summed E-state index contributed by atoms with van der Waals surface area (Å²) in [6.07, 6.45) is 2.34. The zero-order chi connectivity index (χ0) is 10.1. The molecule has 0 aromatic rings. The number of carboxylic acid groups (broad SMARTS) is 1. The maximum atomic E-state index is 10.1. The van der Waals surface area contributed by atoms with Gasteiger partial charge in [0.05, 0.1) is 6.10 Å². The quantitative estimate of drug-likeness (QED) is 0.489. The van der Waals surface area contributed by atoms with Crippen molar-refractivity contribution in [1.82, 2.24) is 5.32 Å². The summed E-state index contributed by atoms with van der Waals surface area (Å²) in [6, 6.07) is 0. The SMILES string of the molecule is CC(O)CCNCCCCC(=O)O. The van der Waals surface area contributed by atoms with Gasteiger partial charge in [-0.05, 0) is 39.3 Å². The number of carboxylic acids is 1. The summed E-state index contributed by atoms with van der Waals surface area (Å²) in [6.45, 7) is 3.39. The number of aliphatic carboxylic acids is 1. The van der Waals surface area contributed by atoms with Crippen molar-refractivity contribution >= 4 is 5.97 Å². The fraction of sp³-hybridized carbons (Fsp3) is 0.889. The monoisotopic (exact) mass is 189 g/mol. The van der Waals surface area contributed by atoms with Crippen LogP contribution >= 0.6 is 0 Å². The van der Waals surface area contributed by atoms with E-state index >= 15 is 0 Å². The number of nitrogens with one attached hydrogen (secondary N) is 1.